The molecule has 8 nitrogen and oxygen atoms in total. The van der Waals surface area contributed by atoms with Crippen LogP contribution in [0.25, 0.3) is 5.57 Å². The lowest BCUT2D eigenvalue weighted by Gasteiger charge is -2.14. The number of carboxylic acids is 2. The molecule has 1 aromatic rings. The first kappa shape index (κ1) is 19.5. The average molecular weight is 471 g/mol. The van der Waals surface area contributed by atoms with Gasteiger partial charge in [-0.25, -0.2) is 0 Å². The zero-order chi connectivity index (χ0) is 19.9. The quantitative estimate of drug-likeness (QED) is 0.495. The van der Waals surface area contributed by atoms with Crippen LogP contribution < -0.4 is 4.90 Å². The summed E-state index contributed by atoms with van der Waals surface area (Å²) in [5, 5.41) is 17.9. The van der Waals surface area contributed by atoms with Gasteiger partial charge in [0.2, 0.25) is 0 Å². The van der Waals surface area contributed by atoms with Crippen LogP contribution in [0.1, 0.15) is 12.0 Å². The molecule has 27 heavy (non-hydrogen) atoms. The molecule has 0 unspecified atom stereocenters. The largest absolute Gasteiger partial charge is 0.481 e. The van der Waals surface area contributed by atoms with Crippen molar-refractivity contribution in [2.45, 2.75) is 6.42 Å². The molecule has 0 bridgehead atoms. The van der Waals surface area contributed by atoms with E-state index in [1.807, 2.05) is 0 Å². The summed E-state index contributed by atoms with van der Waals surface area (Å²) in [7, 11) is 0. The van der Waals surface area contributed by atoms with E-state index in [0.29, 0.717) is 15.7 Å². The molecule has 0 spiro atoms. The van der Waals surface area contributed by atoms with Gasteiger partial charge in [0.15, 0.2) is 0 Å². The number of hydrogen-bond acceptors (Lipinski definition) is 6. The van der Waals surface area contributed by atoms with E-state index in [0.717, 1.165) is 21.6 Å². The van der Waals surface area contributed by atoms with E-state index < -0.39 is 30.3 Å². The Kier molecular flexibility index (Phi) is 5.36. The van der Waals surface area contributed by atoms with Crippen molar-refractivity contribution in [3.63, 3.8) is 0 Å². The summed E-state index contributed by atoms with van der Waals surface area (Å²) >= 11 is 9.38. The van der Waals surface area contributed by atoms with Gasteiger partial charge < -0.3 is 10.2 Å². The summed E-state index contributed by atoms with van der Waals surface area (Å²) in [5.41, 5.74) is 0.883. The minimum Gasteiger partial charge on any atom is -0.481 e. The van der Waals surface area contributed by atoms with E-state index in [1.54, 1.807) is 18.2 Å². The number of fused-ring (bicyclic) bond motifs is 1. The molecule has 0 saturated carbocycles. The maximum absolute atomic E-state index is 12.9. The van der Waals surface area contributed by atoms with Gasteiger partial charge in [0.05, 0.1) is 22.6 Å². The standard InChI is InChI=1S/C16H11BrN2O6S2/c17-7-1-2-9-8(5-7)12(14(24)19(9)6-11(22)23)13-15(25)18(16(26)27-13)4-3-10(20)21/h1-2,5H,3-4,6H2,(H,20,21)(H,22,23). The number of hydrogen-bond donors (Lipinski definition) is 2. The number of carboxylic acid groups (broad SMARTS) is 2. The van der Waals surface area contributed by atoms with Crippen molar-refractivity contribution in [1.82, 2.24) is 4.90 Å². The van der Waals surface area contributed by atoms with Crippen LogP contribution in [0.4, 0.5) is 5.69 Å². The predicted octanol–water partition coefficient (Wildman–Crippen LogP) is 1.93. The Balaban J connectivity index is 2.08. The predicted molar refractivity (Wildman–Crippen MR) is 105 cm³/mol. The lowest BCUT2D eigenvalue weighted by molar-refractivity contribution is -0.137. The van der Waals surface area contributed by atoms with Gasteiger partial charge in [-0.05, 0) is 18.2 Å². The highest BCUT2D eigenvalue weighted by molar-refractivity contribution is 9.10. The number of thioether (sulfide) groups is 1. The molecule has 11 heteroatoms. The SMILES string of the molecule is O=C(O)CCN1C(=O)C(=C2C(=O)N(CC(=O)O)c3ccc(Br)cc32)SC1=S. The molecule has 2 aliphatic rings. The fourth-order valence-electron chi connectivity index (χ4n) is 2.76. The van der Waals surface area contributed by atoms with Gasteiger partial charge in [0, 0.05) is 16.6 Å². The van der Waals surface area contributed by atoms with Crippen LogP contribution in [0.3, 0.4) is 0 Å². The van der Waals surface area contributed by atoms with E-state index in [4.69, 9.17) is 22.4 Å². The Morgan fingerprint density at radius 3 is 2.44 bits per heavy atom. The molecule has 1 fully saturated rings. The summed E-state index contributed by atoms with van der Waals surface area (Å²) in [6.07, 6.45) is -0.281. The van der Waals surface area contributed by atoms with E-state index in [1.165, 1.54) is 0 Å². The molecule has 0 atom stereocenters. The minimum absolute atomic E-state index is 0.0719. The van der Waals surface area contributed by atoms with E-state index in [-0.39, 0.29) is 27.8 Å². The number of aliphatic carboxylic acids is 2. The van der Waals surface area contributed by atoms with Gasteiger partial charge in [0.25, 0.3) is 11.8 Å². The smallest absolute Gasteiger partial charge is 0.323 e. The third kappa shape index (κ3) is 3.62. The summed E-state index contributed by atoms with van der Waals surface area (Å²) in [6.45, 7) is -0.647. The molecular weight excluding hydrogens is 460 g/mol. The first-order chi connectivity index (χ1) is 12.7. The topological polar surface area (TPSA) is 115 Å². The summed E-state index contributed by atoms with van der Waals surface area (Å²) in [6, 6.07) is 4.90. The number of carbonyl (C=O) groups is 4. The lowest BCUT2D eigenvalue weighted by Crippen LogP contribution is -2.33. The zero-order valence-corrected chi connectivity index (χ0v) is 16.7. The number of carbonyl (C=O) groups excluding carboxylic acids is 2. The first-order valence-corrected chi connectivity index (χ1v) is 9.55. The third-order valence-electron chi connectivity index (χ3n) is 3.90. The van der Waals surface area contributed by atoms with E-state index in [9.17, 15) is 19.2 Å². The first-order valence-electron chi connectivity index (χ1n) is 7.54. The Bertz CT molecular complexity index is 945. The number of halogens is 1. The highest BCUT2D eigenvalue weighted by Crippen LogP contribution is 2.45. The fraction of sp³-hybridized carbons (Fsp3) is 0.188. The maximum atomic E-state index is 12.9. The van der Waals surface area contributed by atoms with Crippen molar-refractivity contribution < 1.29 is 29.4 Å². The highest BCUT2D eigenvalue weighted by Gasteiger charge is 2.42. The second-order valence-corrected chi connectivity index (χ2v) is 8.18. The van der Waals surface area contributed by atoms with Gasteiger partial charge in [-0.15, -0.1) is 0 Å². The monoisotopic (exact) mass is 470 g/mol. The van der Waals surface area contributed by atoms with Crippen LogP contribution in [0.2, 0.25) is 0 Å². The average Bonchev–Trinajstić information content (AvgIpc) is 2.99. The Labute approximate surface area is 170 Å². The third-order valence-corrected chi connectivity index (χ3v) is 5.84. The molecule has 2 amide bonds. The second kappa shape index (κ2) is 7.41. The Hall–Kier alpha value is -2.24. The van der Waals surface area contributed by atoms with E-state index >= 15 is 0 Å². The van der Waals surface area contributed by atoms with Crippen LogP contribution in [-0.4, -0.2) is 56.3 Å². The molecule has 2 N–H and O–H groups in total. The normalized spacial score (nSPS) is 19.1. The van der Waals surface area contributed by atoms with Crippen LogP contribution >= 0.6 is 39.9 Å². The van der Waals surface area contributed by atoms with Crippen molar-refractivity contribution in [2.75, 3.05) is 18.0 Å². The van der Waals surface area contributed by atoms with Crippen molar-refractivity contribution in [2.24, 2.45) is 0 Å². The fourth-order valence-corrected chi connectivity index (χ4v) is 4.51. The summed E-state index contributed by atoms with van der Waals surface area (Å²) < 4.78 is 0.815. The van der Waals surface area contributed by atoms with Gasteiger partial charge in [0.1, 0.15) is 10.9 Å². The second-order valence-electron chi connectivity index (χ2n) is 5.62. The molecule has 140 valence electrons. The Morgan fingerprint density at radius 1 is 1.11 bits per heavy atom. The van der Waals surface area contributed by atoms with Gasteiger partial charge >= 0.3 is 11.9 Å². The minimum atomic E-state index is -1.19. The number of thiocarbonyl (C=S) groups is 1. The zero-order valence-electron chi connectivity index (χ0n) is 13.5. The number of rotatable bonds is 5. The molecule has 2 heterocycles. The van der Waals surface area contributed by atoms with Crippen molar-refractivity contribution in [1.29, 1.82) is 0 Å². The summed E-state index contributed by atoms with van der Waals surface area (Å²) in [4.78, 5) is 49.9. The van der Waals surface area contributed by atoms with Crippen molar-refractivity contribution in [3.05, 3.63) is 33.1 Å². The van der Waals surface area contributed by atoms with Crippen molar-refractivity contribution >= 4 is 79.2 Å². The molecular formula is C16H11BrN2O6S2. The molecule has 0 aliphatic carbocycles. The van der Waals surface area contributed by atoms with Crippen molar-refractivity contribution in [3.8, 4) is 0 Å². The molecule has 3 rings (SSSR count). The van der Waals surface area contributed by atoms with E-state index in [2.05, 4.69) is 15.9 Å². The van der Waals surface area contributed by atoms with Crippen LogP contribution in [0, 0.1) is 0 Å². The highest BCUT2D eigenvalue weighted by atomic mass is 79.9. The van der Waals surface area contributed by atoms with Gasteiger partial charge in [-0.3, -0.25) is 29.0 Å². The Morgan fingerprint density at radius 2 is 1.81 bits per heavy atom. The number of anilines is 1. The van der Waals surface area contributed by atoms with Crippen LogP contribution in [0.15, 0.2) is 27.6 Å². The van der Waals surface area contributed by atoms with Gasteiger partial charge in [-0.1, -0.05) is 39.9 Å². The number of amides is 2. The van der Waals surface area contributed by atoms with Gasteiger partial charge in [-0.2, -0.15) is 0 Å². The molecule has 0 radical (unpaired) electrons. The van der Waals surface area contributed by atoms with Crippen LogP contribution in [0.5, 0.6) is 0 Å². The maximum Gasteiger partial charge on any atom is 0.323 e. The lowest BCUT2D eigenvalue weighted by atomic mass is 10.1. The number of benzene rings is 1. The molecule has 1 saturated heterocycles. The number of nitrogens with zero attached hydrogens (tertiary/aromatic N) is 2. The summed E-state index contributed by atoms with van der Waals surface area (Å²) in [5.74, 6) is -3.43. The molecule has 0 aromatic heterocycles. The molecule has 2 aliphatic heterocycles. The molecule has 1 aromatic carbocycles. The van der Waals surface area contributed by atoms with Crippen LogP contribution in [-0.2, 0) is 19.2 Å².